The number of thiophene rings is 1. The third-order valence-electron chi connectivity index (χ3n) is 7.88. The van der Waals surface area contributed by atoms with Crippen LogP contribution in [0.4, 0.5) is 5.69 Å². The van der Waals surface area contributed by atoms with E-state index in [0.717, 1.165) is 65.1 Å². The van der Waals surface area contributed by atoms with E-state index in [4.69, 9.17) is 59.4 Å². The molecule has 1 aliphatic carbocycles. The minimum Gasteiger partial charge on any atom is -0.508 e. The number of hydrogen-bond donors (Lipinski definition) is 7. The van der Waals surface area contributed by atoms with Gasteiger partial charge in [-0.3, -0.25) is 9.80 Å². The second kappa shape index (κ2) is 21.5. The Bertz CT molecular complexity index is 1500. The number of carboxylic acids is 6. The molecule has 276 valence electrons. The van der Waals surface area contributed by atoms with Gasteiger partial charge in [-0.15, -0.1) is 11.3 Å². The SMILES string of the molecule is O=C(O)C(=O)O.O=C(O)C(=O)O.O=C(O)C(=O)O.Oc1ccc2c(c1)CC(N(CCc1cccs1)CCN1CCN(c3ccccc3)CC1)CC2. The standard InChI is InChI=1S/C28H35N3OS.3C2H2O4/c32-27-11-9-23-8-10-26(21-24(23)22-27)30(13-12-28-7-4-20-33-28)17-14-29-15-18-31(19-16-29)25-5-2-1-3-6-25;3*3-1(4)2(5)6/h1-7,9,11,20,22,26,32H,8,10,12-19,21H2;3*(H,3,4)(H,5,6). The Kier molecular flexibility index (Phi) is 17.6. The number of phenolic OH excluding ortho intramolecular Hbond substituents is 1. The van der Waals surface area contributed by atoms with E-state index in [0.29, 0.717) is 11.8 Å². The van der Waals surface area contributed by atoms with Crippen LogP contribution in [0.3, 0.4) is 0 Å². The minimum absolute atomic E-state index is 0.399. The Balaban J connectivity index is 0.000000414. The van der Waals surface area contributed by atoms with Crippen molar-refractivity contribution in [3.8, 4) is 5.75 Å². The number of aliphatic carboxylic acids is 6. The molecule has 1 aliphatic heterocycles. The number of carboxylic acid groups (broad SMARTS) is 6. The molecule has 7 N–H and O–H groups in total. The highest BCUT2D eigenvalue weighted by atomic mass is 32.1. The summed E-state index contributed by atoms with van der Waals surface area (Å²) in [6.07, 6.45) is 4.51. The Morgan fingerprint density at radius 2 is 1.25 bits per heavy atom. The fourth-order valence-corrected chi connectivity index (χ4v) is 6.06. The molecule has 5 rings (SSSR count). The first-order valence-corrected chi connectivity index (χ1v) is 16.5. The van der Waals surface area contributed by atoms with Crippen LogP contribution < -0.4 is 4.90 Å². The topological polar surface area (TPSA) is 254 Å². The first-order chi connectivity index (χ1) is 24.2. The number of aryl methyl sites for hydroxylation is 1. The van der Waals surface area contributed by atoms with Crippen molar-refractivity contribution in [3.63, 3.8) is 0 Å². The lowest BCUT2D eigenvalue weighted by Crippen LogP contribution is -2.50. The number of piperazine rings is 1. The molecule has 0 spiro atoms. The van der Waals surface area contributed by atoms with Gasteiger partial charge in [0.25, 0.3) is 0 Å². The number of aromatic hydroxyl groups is 1. The molecule has 2 heterocycles. The van der Waals surface area contributed by atoms with E-state index < -0.39 is 35.8 Å². The molecule has 3 aromatic rings. The zero-order valence-electron chi connectivity index (χ0n) is 27.5. The Morgan fingerprint density at radius 1 is 0.686 bits per heavy atom. The van der Waals surface area contributed by atoms with Crippen molar-refractivity contribution in [3.05, 3.63) is 82.0 Å². The highest BCUT2D eigenvalue weighted by Crippen LogP contribution is 2.28. The van der Waals surface area contributed by atoms with Gasteiger partial charge in [-0.05, 0) is 72.5 Å². The van der Waals surface area contributed by atoms with Crippen molar-refractivity contribution >= 4 is 52.8 Å². The van der Waals surface area contributed by atoms with Gasteiger partial charge in [0.15, 0.2) is 0 Å². The zero-order chi connectivity index (χ0) is 37.9. The smallest absolute Gasteiger partial charge is 0.414 e. The first kappa shape index (κ1) is 41.7. The molecule has 1 saturated heterocycles. The molecule has 0 bridgehead atoms. The van der Waals surface area contributed by atoms with Crippen molar-refractivity contribution in [2.75, 3.05) is 50.7 Å². The number of benzene rings is 2. The molecule has 16 nitrogen and oxygen atoms in total. The van der Waals surface area contributed by atoms with Crippen LogP contribution in [0.25, 0.3) is 0 Å². The highest BCUT2D eigenvalue weighted by Gasteiger charge is 2.26. The fourth-order valence-electron chi connectivity index (χ4n) is 5.36. The number of fused-ring (bicyclic) bond motifs is 1. The van der Waals surface area contributed by atoms with Crippen LogP contribution >= 0.6 is 11.3 Å². The van der Waals surface area contributed by atoms with Gasteiger partial charge in [0.1, 0.15) is 5.75 Å². The van der Waals surface area contributed by atoms with E-state index in [1.165, 1.54) is 28.1 Å². The summed E-state index contributed by atoms with van der Waals surface area (Å²) in [5, 5.41) is 56.5. The molecule has 1 atom stereocenters. The van der Waals surface area contributed by atoms with Crippen LogP contribution in [0, 0.1) is 0 Å². The predicted octanol–water partition coefficient (Wildman–Crippen LogP) is 2.14. The molecule has 51 heavy (non-hydrogen) atoms. The van der Waals surface area contributed by atoms with E-state index >= 15 is 0 Å². The zero-order valence-corrected chi connectivity index (χ0v) is 28.4. The third-order valence-corrected chi connectivity index (χ3v) is 8.82. The Hall–Kier alpha value is -5.52. The largest absolute Gasteiger partial charge is 0.508 e. The molecule has 0 amide bonds. The maximum Gasteiger partial charge on any atom is 0.414 e. The summed E-state index contributed by atoms with van der Waals surface area (Å²) < 4.78 is 0. The van der Waals surface area contributed by atoms with Crippen LogP contribution in [0.5, 0.6) is 5.75 Å². The normalized spacial score (nSPS) is 14.9. The van der Waals surface area contributed by atoms with Crippen molar-refractivity contribution in [1.29, 1.82) is 0 Å². The summed E-state index contributed by atoms with van der Waals surface area (Å²) in [6, 6.07) is 21.7. The molecule has 1 fully saturated rings. The third kappa shape index (κ3) is 15.7. The number of anilines is 1. The van der Waals surface area contributed by atoms with Gasteiger partial charge in [-0.25, -0.2) is 28.8 Å². The summed E-state index contributed by atoms with van der Waals surface area (Å²) in [5.41, 5.74) is 4.10. The lowest BCUT2D eigenvalue weighted by atomic mass is 9.87. The summed E-state index contributed by atoms with van der Waals surface area (Å²) in [5.74, 6) is -10.5. The van der Waals surface area contributed by atoms with Crippen molar-refractivity contribution in [2.45, 2.75) is 31.7 Å². The molecule has 2 aromatic carbocycles. The predicted molar refractivity (Wildman–Crippen MR) is 184 cm³/mol. The number of para-hydroxylation sites is 1. The Labute approximate surface area is 297 Å². The summed E-state index contributed by atoms with van der Waals surface area (Å²) >= 11 is 1.87. The lowest BCUT2D eigenvalue weighted by molar-refractivity contribution is -0.159. The molecule has 0 saturated carbocycles. The average molecular weight is 732 g/mol. The average Bonchev–Trinajstić information content (AvgIpc) is 3.63. The van der Waals surface area contributed by atoms with Crippen LogP contribution in [-0.4, -0.2) is 133 Å². The summed E-state index contributed by atoms with van der Waals surface area (Å²) in [6.45, 7) is 7.85. The summed E-state index contributed by atoms with van der Waals surface area (Å²) in [7, 11) is 0. The number of hydrogen-bond acceptors (Lipinski definition) is 11. The monoisotopic (exact) mass is 731 g/mol. The van der Waals surface area contributed by atoms with Crippen LogP contribution in [0.2, 0.25) is 0 Å². The first-order valence-electron chi connectivity index (χ1n) is 15.7. The van der Waals surface area contributed by atoms with E-state index in [2.05, 4.69) is 68.6 Å². The second-order valence-electron chi connectivity index (χ2n) is 11.2. The second-order valence-corrected chi connectivity index (χ2v) is 12.2. The maximum absolute atomic E-state index is 10.00. The van der Waals surface area contributed by atoms with Gasteiger partial charge in [-0.1, -0.05) is 30.3 Å². The van der Waals surface area contributed by atoms with Crippen LogP contribution in [0.15, 0.2) is 66.0 Å². The van der Waals surface area contributed by atoms with E-state index in [1.807, 2.05) is 23.5 Å². The molecule has 17 heteroatoms. The van der Waals surface area contributed by atoms with Gasteiger partial charge in [0.05, 0.1) is 0 Å². The van der Waals surface area contributed by atoms with Gasteiger partial charge in [-0.2, -0.15) is 0 Å². The quantitative estimate of drug-likeness (QED) is 0.164. The van der Waals surface area contributed by atoms with Gasteiger partial charge in [0, 0.05) is 62.4 Å². The van der Waals surface area contributed by atoms with Crippen LogP contribution in [0.1, 0.15) is 22.4 Å². The molecule has 2 aliphatic rings. The number of carbonyl (C=O) groups is 6. The lowest BCUT2D eigenvalue weighted by Gasteiger charge is -2.39. The molecular weight excluding hydrogens is 690 g/mol. The molecule has 1 unspecified atom stereocenters. The van der Waals surface area contributed by atoms with E-state index in [9.17, 15) is 5.11 Å². The minimum atomic E-state index is -1.82. The van der Waals surface area contributed by atoms with E-state index in [-0.39, 0.29) is 0 Å². The molecule has 0 radical (unpaired) electrons. The Morgan fingerprint density at radius 3 is 1.76 bits per heavy atom. The molecular formula is C34H41N3O13S. The van der Waals surface area contributed by atoms with E-state index in [1.54, 1.807) is 0 Å². The summed E-state index contributed by atoms with van der Waals surface area (Å²) in [4.78, 5) is 64.0. The highest BCUT2D eigenvalue weighted by molar-refractivity contribution is 7.09. The van der Waals surface area contributed by atoms with Gasteiger partial charge < -0.3 is 40.6 Å². The van der Waals surface area contributed by atoms with Gasteiger partial charge in [0.2, 0.25) is 0 Å². The number of nitrogens with zero attached hydrogens (tertiary/aromatic N) is 3. The van der Waals surface area contributed by atoms with Crippen molar-refractivity contribution in [1.82, 2.24) is 9.80 Å². The maximum atomic E-state index is 10.00. The number of rotatable bonds is 8. The fraction of sp³-hybridized carbons (Fsp3) is 0.353. The van der Waals surface area contributed by atoms with Crippen LogP contribution in [-0.2, 0) is 48.0 Å². The molecule has 1 aromatic heterocycles. The number of phenols is 1. The van der Waals surface area contributed by atoms with Gasteiger partial charge >= 0.3 is 35.8 Å². The van der Waals surface area contributed by atoms with Crippen molar-refractivity contribution in [2.24, 2.45) is 0 Å². The van der Waals surface area contributed by atoms with Crippen molar-refractivity contribution < 1.29 is 64.5 Å².